The Morgan fingerprint density at radius 1 is 0.794 bits per heavy atom. The molecule has 5 heteroatoms. The van der Waals surface area contributed by atoms with Crippen molar-refractivity contribution in [1.29, 1.82) is 0 Å². The summed E-state index contributed by atoms with van der Waals surface area (Å²) in [6.07, 6.45) is 1.71. The molecule has 1 aromatic heterocycles. The Kier molecular flexibility index (Phi) is 7.35. The van der Waals surface area contributed by atoms with Gasteiger partial charge in [-0.3, -0.25) is 9.59 Å². The van der Waals surface area contributed by atoms with E-state index in [4.69, 9.17) is 0 Å². The number of benzene rings is 3. The van der Waals surface area contributed by atoms with E-state index < -0.39 is 0 Å². The molecule has 0 saturated carbocycles. The van der Waals surface area contributed by atoms with E-state index in [1.54, 1.807) is 18.2 Å². The second-order valence-electron chi connectivity index (χ2n) is 8.12. The predicted molar refractivity (Wildman–Crippen MR) is 139 cm³/mol. The molecule has 0 saturated heterocycles. The van der Waals surface area contributed by atoms with Crippen LogP contribution in [0.5, 0.6) is 0 Å². The number of nitrogens with one attached hydrogen (secondary N) is 2. The first-order valence-corrected chi connectivity index (χ1v) is 11.9. The average molecular weight is 467 g/mol. The molecule has 170 valence electrons. The molecule has 1 heterocycles. The van der Waals surface area contributed by atoms with Crippen molar-refractivity contribution < 1.29 is 9.59 Å². The summed E-state index contributed by atoms with van der Waals surface area (Å²) in [7, 11) is 0. The van der Waals surface area contributed by atoms with Crippen LogP contribution < -0.4 is 10.6 Å². The Labute approximate surface area is 204 Å². The lowest BCUT2D eigenvalue weighted by molar-refractivity contribution is -0.118. The highest BCUT2D eigenvalue weighted by atomic mass is 32.1. The first kappa shape index (κ1) is 23.2. The van der Waals surface area contributed by atoms with Crippen molar-refractivity contribution in [2.24, 2.45) is 0 Å². The van der Waals surface area contributed by atoms with Crippen molar-refractivity contribution in [1.82, 2.24) is 10.6 Å². The summed E-state index contributed by atoms with van der Waals surface area (Å²) in [4.78, 5) is 27.4. The molecule has 2 N–H and O–H groups in total. The van der Waals surface area contributed by atoms with Crippen LogP contribution in [0.25, 0.3) is 6.08 Å². The summed E-state index contributed by atoms with van der Waals surface area (Å²) in [5.74, 6) is -0.683. The fraction of sp³-hybridized carbons (Fsp3) is 0.103. The smallest absolute Gasteiger partial charge is 0.268 e. The topological polar surface area (TPSA) is 58.2 Å². The van der Waals surface area contributed by atoms with Crippen LogP contribution in [0, 0.1) is 13.8 Å². The minimum absolute atomic E-state index is 0.196. The van der Waals surface area contributed by atoms with Gasteiger partial charge in [0.25, 0.3) is 11.8 Å². The van der Waals surface area contributed by atoms with Gasteiger partial charge >= 0.3 is 0 Å². The lowest BCUT2D eigenvalue weighted by atomic mass is 9.97. The van der Waals surface area contributed by atoms with Crippen molar-refractivity contribution in [2.45, 2.75) is 19.9 Å². The number of thiophene rings is 1. The molecule has 1 unspecified atom stereocenters. The van der Waals surface area contributed by atoms with Gasteiger partial charge < -0.3 is 10.6 Å². The first-order chi connectivity index (χ1) is 16.5. The first-order valence-electron chi connectivity index (χ1n) is 11.1. The van der Waals surface area contributed by atoms with Crippen molar-refractivity contribution in [2.75, 3.05) is 0 Å². The Balaban J connectivity index is 1.65. The molecule has 0 aliphatic rings. The number of carbonyl (C=O) groups is 2. The third kappa shape index (κ3) is 5.88. The van der Waals surface area contributed by atoms with E-state index in [1.165, 1.54) is 11.3 Å². The van der Waals surface area contributed by atoms with E-state index in [9.17, 15) is 9.59 Å². The molecular formula is C29H26N2O2S. The fourth-order valence-corrected chi connectivity index (χ4v) is 4.28. The van der Waals surface area contributed by atoms with Crippen LogP contribution in [0.15, 0.2) is 102 Å². The standard InChI is InChI=1S/C29H26N2O2S/c1-20-13-15-23(16-14-20)27(22-9-4-3-5-10-22)31-29(33)26(19-25-12-7-17-34-25)30-28(32)24-11-6-8-21(2)18-24/h3-19,27H,1-2H3,(H,30,32)(H,31,33)/b26-19-. The number of hydrogen-bond acceptors (Lipinski definition) is 3. The molecule has 0 radical (unpaired) electrons. The molecule has 0 aliphatic carbocycles. The zero-order valence-electron chi connectivity index (χ0n) is 19.1. The van der Waals surface area contributed by atoms with Crippen LogP contribution in [0.4, 0.5) is 0 Å². The zero-order chi connectivity index (χ0) is 23.9. The number of rotatable bonds is 7. The Morgan fingerprint density at radius 3 is 2.21 bits per heavy atom. The second-order valence-corrected chi connectivity index (χ2v) is 9.10. The molecule has 0 aliphatic heterocycles. The van der Waals surface area contributed by atoms with Crippen molar-refractivity contribution in [3.8, 4) is 0 Å². The van der Waals surface area contributed by atoms with Gasteiger partial charge in [0.05, 0.1) is 6.04 Å². The highest BCUT2D eigenvalue weighted by Crippen LogP contribution is 2.23. The number of amides is 2. The van der Waals surface area contributed by atoms with E-state index in [1.807, 2.05) is 98.1 Å². The predicted octanol–water partition coefficient (Wildman–Crippen LogP) is 6.04. The van der Waals surface area contributed by atoms with Crippen LogP contribution in [0.2, 0.25) is 0 Å². The van der Waals surface area contributed by atoms with E-state index in [0.717, 1.165) is 27.1 Å². The van der Waals surface area contributed by atoms with Crippen molar-refractivity contribution in [3.05, 3.63) is 135 Å². The highest BCUT2D eigenvalue weighted by Gasteiger charge is 2.21. The summed E-state index contributed by atoms with van der Waals surface area (Å²) >= 11 is 1.50. The summed E-state index contributed by atoms with van der Waals surface area (Å²) in [5, 5.41) is 7.90. The molecule has 3 aromatic carbocycles. The molecule has 4 aromatic rings. The third-order valence-corrected chi connectivity index (χ3v) is 6.24. The second kappa shape index (κ2) is 10.8. The SMILES string of the molecule is Cc1ccc(C(NC(=O)/C(=C/c2cccs2)NC(=O)c2cccc(C)c2)c2ccccc2)cc1. The van der Waals surface area contributed by atoms with Gasteiger partial charge in [-0.2, -0.15) is 0 Å². The summed E-state index contributed by atoms with van der Waals surface area (Å²) < 4.78 is 0. The summed E-state index contributed by atoms with van der Waals surface area (Å²) in [5.41, 5.74) is 4.74. The zero-order valence-corrected chi connectivity index (χ0v) is 19.9. The van der Waals surface area contributed by atoms with E-state index in [2.05, 4.69) is 10.6 Å². The lowest BCUT2D eigenvalue weighted by Gasteiger charge is -2.21. The van der Waals surface area contributed by atoms with Crippen LogP contribution in [0.1, 0.15) is 43.5 Å². The molecule has 0 spiro atoms. The Bertz CT molecular complexity index is 1290. The molecule has 0 fully saturated rings. The van der Waals surface area contributed by atoms with Gasteiger partial charge in [0.2, 0.25) is 0 Å². The molecule has 2 amide bonds. The van der Waals surface area contributed by atoms with Gasteiger partial charge in [-0.15, -0.1) is 11.3 Å². The molecule has 0 bridgehead atoms. The van der Waals surface area contributed by atoms with E-state index >= 15 is 0 Å². The molecule has 1 atom stereocenters. The van der Waals surface area contributed by atoms with E-state index in [0.29, 0.717) is 5.56 Å². The molecule has 4 rings (SSSR count). The van der Waals surface area contributed by atoms with Gasteiger partial charge in [0.1, 0.15) is 5.70 Å². The van der Waals surface area contributed by atoms with E-state index in [-0.39, 0.29) is 23.6 Å². The van der Waals surface area contributed by atoms with Crippen molar-refractivity contribution in [3.63, 3.8) is 0 Å². The van der Waals surface area contributed by atoms with Gasteiger partial charge in [0, 0.05) is 10.4 Å². The Morgan fingerprint density at radius 2 is 1.53 bits per heavy atom. The van der Waals surface area contributed by atoms with Gasteiger partial charge in [0.15, 0.2) is 0 Å². The van der Waals surface area contributed by atoms with Crippen molar-refractivity contribution >= 4 is 29.2 Å². The average Bonchev–Trinajstić information content (AvgIpc) is 3.36. The lowest BCUT2D eigenvalue weighted by Crippen LogP contribution is -2.37. The number of aryl methyl sites for hydroxylation is 2. The summed E-state index contributed by atoms with van der Waals surface area (Å²) in [6.45, 7) is 3.96. The molecule has 4 nitrogen and oxygen atoms in total. The Hall–Kier alpha value is -3.96. The van der Waals surface area contributed by atoms with Crippen LogP contribution in [-0.4, -0.2) is 11.8 Å². The van der Waals surface area contributed by atoms with Crippen LogP contribution >= 0.6 is 11.3 Å². The third-order valence-electron chi connectivity index (χ3n) is 5.42. The minimum Gasteiger partial charge on any atom is -0.340 e. The van der Waals surface area contributed by atoms with Gasteiger partial charge in [-0.05, 0) is 54.6 Å². The number of carbonyl (C=O) groups excluding carboxylic acids is 2. The largest absolute Gasteiger partial charge is 0.340 e. The maximum absolute atomic E-state index is 13.5. The minimum atomic E-state index is -0.364. The summed E-state index contributed by atoms with van der Waals surface area (Å²) in [6, 6.07) is 28.6. The highest BCUT2D eigenvalue weighted by molar-refractivity contribution is 7.10. The fourth-order valence-electron chi connectivity index (χ4n) is 3.63. The molecule has 34 heavy (non-hydrogen) atoms. The quantitative estimate of drug-likeness (QED) is 0.326. The normalized spacial score (nSPS) is 12.1. The molecular weight excluding hydrogens is 440 g/mol. The van der Waals surface area contributed by atoms with Crippen LogP contribution in [0.3, 0.4) is 0 Å². The maximum Gasteiger partial charge on any atom is 0.268 e. The van der Waals surface area contributed by atoms with Crippen LogP contribution in [-0.2, 0) is 4.79 Å². The number of hydrogen-bond donors (Lipinski definition) is 2. The maximum atomic E-state index is 13.5. The van der Waals surface area contributed by atoms with Gasteiger partial charge in [-0.25, -0.2) is 0 Å². The monoisotopic (exact) mass is 466 g/mol. The van der Waals surface area contributed by atoms with Gasteiger partial charge in [-0.1, -0.05) is 83.9 Å².